The van der Waals surface area contributed by atoms with Crippen molar-refractivity contribution in [2.45, 2.75) is 32.9 Å². The van der Waals surface area contributed by atoms with Gasteiger partial charge in [-0.05, 0) is 31.0 Å². The molecule has 140 valence electrons. The van der Waals surface area contributed by atoms with Gasteiger partial charge in [-0.2, -0.15) is 13.2 Å². The van der Waals surface area contributed by atoms with E-state index < -0.39 is 17.6 Å². The first-order chi connectivity index (χ1) is 12.3. The van der Waals surface area contributed by atoms with E-state index in [2.05, 4.69) is 29.1 Å². The van der Waals surface area contributed by atoms with E-state index in [1.807, 2.05) is 4.90 Å². The van der Waals surface area contributed by atoms with Crippen molar-refractivity contribution >= 4 is 17.5 Å². The van der Waals surface area contributed by atoms with Crippen LogP contribution in [0.25, 0.3) is 0 Å². The molecule has 1 amide bonds. The summed E-state index contributed by atoms with van der Waals surface area (Å²) in [7, 11) is 0. The predicted molar refractivity (Wildman–Crippen MR) is 94.2 cm³/mol. The number of nitrogens with one attached hydrogen (secondary N) is 1. The van der Waals surface area contributed by atoms with Crippen molar-refractivity contribution in [2.75, 3.05) is 23.3 Å². The second-order valence-corrected chi connectivity index (χ2v) is 5.79. The topological polar surface area (TPSA) is 58.1 Å². The molecule has 0 atom stereocenters. The molecular weight excluding hydrogens is 345 g/mol. The van der Waals surface area contributed by atoms with Crippen LogP contribution >= 0.6 is 0 Å². The van der Waals surface area contributed by atoms with Gasteiger partial charge in [-0.15, -0.1) is 0 Å². The maximum atomic E-state index is 12.7. The van der Waals surface area contributed by atoms with Crippen molar-refractivity contribution in [2.24, 2.45) is 0 Å². The van der Waals surface area contributed by atoms with Crippen LogP contribution in [-0.4, -0.2) is 29.0 Å². The summed E-state index contributed by atoms with van der Waals surface area (Å²) in [5.74, 6) is -0.0299. The van der Waals surface area contributed by atoms with Crippen molar-refractivity contribution in [3.05, 3.63) is 47.8 Å². The molecule has 2 aromatic rings. The third-order valence-corrected chi connectivity index (χ3v) is 3.62. The maximum absolute atomic E-state index is 12.7. The van der Waals surface area contributed by atoms with Crippen LogP contribution in [0.15, 0.2) is 36.7 Å². The van der Waals surface area contributed by atoms with E-state index >= 15 is 0 Å². The zero-order valence-corrected chi connectivity index (χ0v) is 14.7. The molecule has 0 saturated carbocycles. The second-order valence-electron chi connectivity index (χ2n) is 5.79. The molecule has 1 aromatic carbocycles. The molecule has 26 heavy (non-hydrogen) atoms. The fourth-order valence-electron chi connectivity index (χ4n) is 2.43. The van der Waals surface area contributed by atoms with Gasteiger partial charge in [0.25, 0.3) is 5.91 Å². The molecule has 0 aliphatic carbocycles. The minimum Gasteiger partial charge on any atom is -0.341 e. The summed E-state index contributed by atoms with van der Waals surface area (Å²) in [6, 6.07) is 4.47. The van der Waals surface area contributed by atoms with Crippen LogP contribution in [-0.2, 0) is 6.18 Å². The van der Waals surface area contributed by atoms with Crippen LogP contribution in [0, 0.1) is 0 Å². The van der Waals surface area contributed by atoms with Gasteiger partial charge in [-0.1, -0.05) is 19.9 Å². The summed E-state index contributed by atoms with van der Waals surface area (Å²) >= 11 is 0. The number of anilines is 2. The molecular formula is C18H21F3N4O. The number of aromatic nitrogens is 2. The van der Waals surface area contributed by atoms with Crippen molar-refractivity contribution in [3.8, 4) is 0 Å². The highest BCUT2D eigenvalue weighted by atomic mass is 19.4. The Bertz CT molecular complexity index is 726. The molecule has 2 rings (SSSR count). The summed E-state index contributed by atoms with van der Waals surface area (Å²) in [4.78, 5) is 22.7. The van der Waals surface area contributed by atoms with Gasteiger partial charge in [0.05, 0.1) is 11.1 Å². The van der Waals surface area contributed by atoms with Crippen LogP contribution in [0.4, 0.5) is 24.8 Å². The molecule has 1 N–H and O–H groups in total. The standard InChI is InChI=1S/C18H21F3N4O/c1-3-8-25(9-4-2)17-22-11-13(12-23-17)16(26)24-15-7-5-6-14(10-15)18(19,20)21/h5-7,10-12H,3-4,8-9H2,1-2H3,(H,24,26). The van der Waals surface area contributed by atoms with Gasteiger partial charge in [0.2, 0.25) is 5.95 Å². The van der Waals surface area contributed by atoms with E-state index in [0.717, 1.165) is 38.1 Å². The molecule has 0 bridgehead atoms. The Balaban J connectivity index is 2.11. The number of rotatable bonds is 7. The normalized spacial score (nSPS) is 11.3. The van der Waals surface area contributed by atoms with Gasteiger partial charge in [-0.3, -0.25) is 4.79 Å². The molecule has 0 aliphatic heterocycles. The quantitative estimate of drug-likeness (QED) is 0.790. The first kappa shape index (κ1) is 19.7. The Morgan fingerprint density at radius 2 is 1.73 bits per heavy atom. The number of benzene rings is 1. The minimum atomic E-state index is -4.46. The number of hydrogen-bond acceptors (Lipinski definition) is 4. The van der Waals surface area contributed by atoms with Crippen molar-refractivity contribution < 1.29 is 18.0 Å². The third-order valence-electron chi connectivity index (χ3n) is 3.62. The highest BCUT2D eigenvalue weighted by molar-refractivity contribution is 6.03. The van der Waals surface area contributed by atoms with Gasteiger partial charge in [0, 0.05) is 31.2 Å². The Kier molecular flexibility index (Phi) is 6.54. The van der Waals surface area contributed by atoms with E-state index in [1.165, 1.54) is 24.5 Å². The van der Waals surface area contributed by atoms with Crippen LogP contribution in [0.5, 0.6) is 0 Å². The lowest BCUT2D eigenvalue weighted by atomic mass is 10.2. The predicted octanol–water partition coefficient (Wildman–Crippen LogP) is 4.37. The highest BCUT2D eigenvalue weighted by Gasteiger charge is 2.30. The lowest BCUT2D eigenvalue weighted by molar-refractivity contribution is -0.137. The Hall–Kier alpha value is -2.64. The first-order valence-electron chi connectivity index (χ1n) is 8.40. The molecule has 5 nitrogen and oxygen atoms in total. The molecule has 0 unspecified atom stereocenters. The summed E-state index contributed by atoms with van der Waals surface area (Å²) in [5, 5.41) is 2.44. The Labute approximate surface area is 150 Å². The van der Waals surface area contributed by atoms with E-state index in [1.54, 1.807) is 0 Å². The number of nitrogens with zero attached hydrogens (tertiary/aromatic N) is 3. The van der Waals surface area contributed by atoms with Crippen LogP contribution < -0.4 is 10.2 Å². The van der Waals surface area contributed by atoms with Gasteiger partial charge >= 0.3 is 6.18 Å². The Morgan fingerprint density at radius 1 is 1.12 bits per heavy atom. The van der Waals surface area contributed by atoms with Gasteiger partial charge < -0.3 is 10.2 Å². The highest BCUT2D eigenvalue weighted by Crippen LogP contribution is 2.30. The van der Waals surface area contributed by atoms with Crippen LogP contribution in [0.3, 0.4) is 0 Å². The lowest BCUT2D eigenvalue weighted by Crippen LogP contribution is -2.27. The van der Waals surface area contributed by atoms with E-state index in [0.29, 0.717) is 5.95 Å². The smallest absolute Gasteiger partial charge is 0.341 e. The molecule has 0 radical (unpaired) electrons. The van der Waals surface area contributed by atoms with Crippen LogP contribution in [0.2, 0.25) is 0 Å². The maximum Gasteiger partial charge on any atom is 0.416 e. The zero-order chi connectivity index (χ0) is 19.2. The van der Waals surface area contributed by atoms with Gasteiger partial charge in [0.1, 0.15) is 0 Å². The molecule has 0 spiro atoms. The number of halogens is 3. The van der Waals surface area contributed by atoms with Gasteiger partial charge in [0.15, 0.2) is 0 Å². The van der Waals surface area contributed by atoms with Crippen molar-refractivity contribution in [1.82, 2.24) is 9.97 Å². The molecule has 0 fully saturated rings. The molecule has 1 aromatic heterocycles. The lowest BCUT2D eigenvalue weighted by Gasteiger charge is -2.21. The van der Waals surface area contributed by atoms with E-state index in [4.69, 9.17) is 0 Å². The third kappa shape index (κ3) is 5.18. The number of carbonyl (C=O) groups is 1. The monoisotopic (exact) mass is 366 g/mol. The number of alkyl halides is 3. The summed E-state index contributed by atoms with van der Waals surface area (Å²) in [6.07, 6.45) is 0.184. The molecule has 0 saturated heterocycles. The minimum absolute atomic E-state index is 0.0625. The van der Waals surface area contributed by atoms with Gasteiger partial charge in [-0.25, -0.2) is 9.97 Å². The molecule has 0 aliphatic rings. The second kappa shape index (κ2) is 8.64. The average molecular weight is 366 g/mol. The number of amides is 1. The first-order valence-corrected chi connectivity index (χ1v) is 8.40. The summed E-state index contributed by atoms with van der Waals surface area (Å²) in [6.45, 7) is 5.73. The van der Waals surface area contributed by atoms with E-state index in [9.17, 15) is 18.0 Å². The summed E-state index contributed by atoms with van der Waals surface area (Å²) in [5.41, 5.74) is -0.580. The number of hydrogen-bond donors (Lipinski definition) is 1. The fourth-order valence-corrected chi connectivity index (χ4v) is 2.43. The SMILES string of the molecule is CCCN(CCC)c1ncc(C(=O)Nc2cccc(C(F)(F)F)c2)cn1. The largest absolute Gasteiger partial charge is 0.416 e. The van der Waals surface area contributed by atoms with Crippen LogP contribution in [0.1, 0.15) is 42.6 Å². The van der Waals surface area contributed by atoms with E-state index in [-0.39, 0.29) is 11.3 Å². The molecule has 1 heterocycles. The van der Waals surface area contributed by atoms with Crippen molar-refractivity contribution in [1.29, 1.82) is 0 Å². The average Bonchev–Trinajstić information content (AvgIpc) is 2.61. The fraction of sp³-hybridized carbons (Fsp3) is 0.389. The van der Waals surface area contributed by atoms with Crippen molar-refractivity contribution in [3.63, 3.8) is 0 Å². The molecule has 8 heteroatoms. The summed E-state index contributed by atoms with van der Waals surface area (Å²) < 4.78 is 38.2. The Morgan fingerprint density at radius 3 is 2.27 bits per heavy atom. The number of carbonyl (C=O) groups excluding carboxylic acids is 1. The zero-order valence-electron chi connectivity index (χ0n) is 14.7.